The summed E-state index contributed by atoms with van der Waals surface area (Å²) in [5.74, 6) is -2.00. The summed E-state index contributed by atoms with van der Waals surface area (Å²) in [4.78, 5) is 25.4. The van der Waals surface area contributed by atoms with Crippen molar-refractivity contribution < 1.29 is 56.8 Å². The van der Waals surface area contributed by atoms with E-state index in [1.807, 2.05) is 0 Å². The van der Waals surface area contributed by atoms with Crippen LogP contribution in [0.25, 0.3) is 0 Å². The van der Waals surface area contributed by atoms with E-state index in [0.29, 0.717) is 12.8 Å². The Morgan fingerprint density at radius 2 is 1.00 bits per heavy atom. The number of aliphatic hydroxyl groups excluding tert-OH is 3. The van der Waals surface area contributed by atoms with Crippen molar-refractivity contribution in [3.8, 4) is 0 Å². The molecule has 1 aliphatic rings. The summed E-state index contributed by atoms with van der Waals surface area (Å²) in [7, 11) is -4.60. The van der Waals surface area contributed by atoms with Gasteiger partial charge >= 0.3 is 11.9 Å². The average molecular weight is 833 g/mol. The van der Waals surface area contributed by atoms with Crippen molar-refractivity contribution in [2.75, 3.05) is 19.0 Å². The normalized spacial score (nSPS) is 20.7. The maximum Gasteiger partial charge on any atom is 0.306 e. The van der Waals surface area contributed by atoms with Crippen molar-refractivity contribution in [1.29, 1.82) is 0 Å². The highest BCUT2D eigenvalue weighted by Gasteiger charge is 2.46. The van der Waals surface area contributed by atoms with E-state index in [0.717, 1.165) is 64.2 Å². The SMILES string of the molecule is CCCCC/C=C/CCCCCCCC(=O)O[C@H](COC(=O)CCCCCCCCC/C=C/CCCCCCCC)CO[C@H]1O[C@H](CS(=O)(=O)O)[C@@H](O)C(O)C1O. The summed E-state index contributed by atoms with van der Waals surface area (Å²) < 4.78 is 54.0. The second-order valence-electron chi connectivity index (χ2n) is 15.7. The summed E-state index contributed by atoms with van der Waals surface area (Å²) in [6.45, 7) is 3.72. The molecule has 1 heterocycles. The molecule has 334 valence electrons. The first kappa shape index (κ1) is 53.1. The number of unbranched alkanes of at least 4 members (excludes halogenated alkanes) is 21. The fourth-order valence-corrected chi connectivity index (χ4v) is 7.42. The molecule has 4 N–H and O–H groups in total. The molecule has 0 aromatic rings. The van der Waals surface area contributed by atoms with Crippen molar-refractivity contribution in [2.45, 2.75) is 224 Å². The Labute approximate surface area is 345 Å². The molecule has 0 aromatic carbocycles. The summed E-state index contributed by atoms with van der Waals surface area (Å²) in [6, 6.07) is 0. The largest absolute Gasteiger partial charge is 0.462 e. The van der Waals surface area contributed by atoms with Crippen LogP contribution in [0.15, 0.2) is 24.3 Å². The maximum atomic E-state index is 12.8. The van der Waals surface area contributed by atoms with E-state index in [4.69, 9.17) is 18.9 Å². The van der Waals surface area contributed by atoms with Crippen molar-refractivity contribution in [1.82, 2.24) is 0 Å². The van der Waals surface area contributed by atoms with Gasteiger partial charge < -0.3 is 34.3 Å². The van der Waals surface area contributed by atoms with Gasteiger partial charge in [0.1, 0.15) is 36.8 Å². The van der Waals surface area contributed by atoms with E-state index in [1.165, 1.54) is 83.5 Å². The number of allylic oxidation sites excluding steroid dienone is 4. The van der Waals surface area contributed by atoms with Crippen LogP contribution in [0.1, 0.15) is 187 Å². The molecule has 1 saturated heterocycles. The van der Waals surface area contributed by atoms with Gasteiger partial charge in [0, 0.05) is 12.8 Å². The Kier molecular flexibility index (Phi) is 32.6. The van der Waals surface area contributed by atoms with Crippen molar-refractivity contribution in [2.24, 2.45) is 0 Å². The quantitative estimate of drug-likeness (QED) is 0.0202. The molecule has 2 unspecified atom stereocenters. The summed E-state index contributed by atoms with van der Waals surface area (Å²) in [6.07, 6.45) is 28.0. The Morgan fingerprint density at radius 3 is 1.49 bits per heavy atom. The second kappa shape index (κ2) is 34.9. The maximum absolute atomic E-state index is 12.8. The monoisotopic (exact) mass is 833 g/mol. The van der Waals surface area contributed by atoms with Crippen LogP contribution in [0.2, 0.25) is 0 Å². The average Bonchev–Trinajstić information content (AvgIpc) is 3.17. The first-order valence-electron chi connectivity index (χ1n) is 22.4. The fraction of sp³-hybridized carbons (Fsp3) is 0.864. The third kappa shape index (κ3) is 29.9. The fourth-order valence-electron chi connectivity index (χ4n) is 6.72. The van der Waals surface area contributed by atoms with Gasteiger partial charge in [-0.15, -0.1) is 0 Å². The molecule has 6 atom stereocenters. The third-order valence-corrected chi connectivity index (χ3v) is 11.0. The predicted molar refractivity (Wildman–Crippen MR) is 224 cm³/mol. The molecule has 1 fully saturated rings. The number of aliphatic hydroxyl groups is 3. The van der Waals surface area contributed by atoms with Crippen LogP contribution in [0.4, 0.5) is 0 Å². The van der Waals surface area contributed by atoms with Crippen LogP contribution >= 0.6 is 0 Å². The van der Waals surface area contributed by atoms with Gasteiger partial charge in [-0.25, -0.2) is 0 Å². The lowest BCUT2D eigenvalue weighted by atomic mass is 10.00. The van der Waals surface area contributed by atoms with Crippen molar-refractivity contribution in [3.05, 3.63) is 24.3 Å². The van der Waals surface area contributed by atoms with Crippen molar-refractivity contribution >= 4 is 22.1 Å². The van der Waals surface area contributed by atoms with Gasteiger partial charge in [-0.2, -0.15) is 8.42 Å². The zero-order valence-corrected chi connectivity index (χ0v) is 36.3. The molecule has 13 heteroatoms. The molecule has 0 spiro atoms. The van der Waals surface area contributed by atoms with Gasteiger partial charge in [-0.05, 0) is 64.2 Å². The minimum absolute atomic E-state index is 0.154. The highest BCUT2D eigenvalue weighted by molar-refractivity contribution is 7.85. The van der Waals surface area contributed by atoms with E-state index < -0.39 is 71.2 Å². The molecule has 0 saturated carbocycles. The minimum Gasteiger partial charge on any atom is -0.462 e. The van der Waals surface area contributed by atoms with Crippen molar-refractivity contribution in [3.63, 3.8) is 0 Å². The molecular weight excluding hydrogens is 753 g/mol. The van der Waals surface area contributed by atoms with Crippen LogP contribution in [-0.4, -0.2) is 96.0 Å². The number of hydrogen-bond donors (Lipinski definition) is 4. The lowest BCUT2D eigenvalue weighted by Crippen LogP contribution is -2.60. The summed E-state index contributed by atoms with van der Waals surface area (Å²) >= 11 is 0. The van der Waals surface area contributed by atoms with E-state index >= 15 is 0 Å². The molecule has 0 amide bonds. The lowest BCUT2D eigenvalue weighted by Gasteiger charge is -2.40. The molecule has 0 radical (unpaired) electrons. The molecule has 0 bridgehead atoms. The molecule has 0 aromatic heterocycles. The zero-order chi connectivity index (χ0) is 42.0. The highest BCUT2D eigenvalue weighted by Crippen LogP contribution is 2.24. The number of carbonyl (C=O) groups is 2. The Morgan fingerprint density at radius 1 is 0.579 bits per heavy atom. The molecule has 57 heavy (non-hydrogen) atoms. The zero-order valence-electron chi connectivity index (χ0n) is 35.4. The standard InChI is InChI=1S/C44H80O12S/c1-3-5-7-9-11-13-15-17-18-19-20-21-23-24-26-28-30-32-39(45)53-34-37(35-54-44-43(49)42(48)41(47)38(56-44)36-57(50,51)52)55-40(46)33-31-29-27-25-22-16-14-12-10-8-6-4-2/h12,14,17-18,37-38,41-44,47-49H,3-11,13,15-16,19-36H2,1-2H3,(H,50,51,52)/b14-12+,18-17+/t37-,38-,41-,42?,43?,44+/m1/s1. The number of rotatable bonds is 37. The highest BCUT2D eigenvalue weighted by atomic mass is 32.2. The van der Waals surface area contributed by atoms with Gasteiger partial charge in [-0.1, -0.05) is 134 Å². The van der Waals surface area contributed by atoms with Crippen LogP contribution in [0.3, 0.4) is 0 Å². The predicted octanol–water partition coefficient (Wildman–Crippen LogP) is 8.84. The topological polar surface area (TPSA) is 186 Å². The first-order valence-corrected chi connectivity index (χ1v) is 24.0. The third-order valence-electron chi connectivity index (χ3n) is 10.3. The molecule has 12 nitrogen and oxygen atoms in total. The van der Waals surface area contributed by atoms with Gasteiger partial charge in [0.15, 0.2) is 12.4 Å². The first-order chi connectivity index (χ1) is 27.5. The van der Waals surface area contributed by atoms with E-state index in [9.17, 15) is 37.9 Å². The molecule has 1 aliphatic heterocycles. The van der Waals surface area contributed by atoms with E-state index in [1.54, 1.807) is 0 Å². The molecule has 0 aliphatic carbocycles. The summed E-state index contributed by atoms with van der Waals surface area (Å²) in [5, 5.41) is 30.8. The minimum atomic E-state index is -4.60. The molecular formula is C44H80O12S. The Balaban J connectivity index is 2.44. The van der Waals surface area contributed by atoms with E-state index in [-0.39, 0.29) is 19.4 Å². The Hall–Kier alpha value is -1.87. The van der Waals surface area contributed by atoms with Gasteiger partial charge in [0.25, 0.3) is 10.1 Å². The van der Waals surface area contributed by atoms with Crippen LogP contribution in [0.5, 0.6) is 0 Å². The van der Waals surface area contributed by atoms with Crippen LogP contribution in [-0.2, 0) is 38.7 Å². The number of ether oxygens (including phenoxy) is 4. The van der Waals surface area contributed by atoms with Crippen LogP contribution in [0, 0.1) is 0 Å². The van der Waals surface area contributed by atoms with Gasteiger partial charge in [-0.3, -0.25) is 14.1 Å². The smallest absolute Gasteiger partial charge is 0.306 e. The number of esters is 2. The van der Waals surface area contributed by atoms with E-state index in [2.05, 4.69) is 38.2 Å². The lowest BCUT2D eigenvalue weighted by molar-refractivity contribution is -0.297. The summed E-state index contributed by atoms with van der Waals surface area (Å²) in [5.41, 5.74) is 0. The van der Waals surface area contributed by atoms with Gasteiger partial charge in [0.2, 0.25) is 0 Å². The Bertz CT molecular complexity index is 1160. The van der Waals surface area contributed by atoms with Gasteiger partial charge in [0.05, 0.1) is 6.61 Å². The number of hydrogen-bond acceptors (Lipinski definition) is 11. The molecule has 1 rings (SSSR count). The number of carbonyl (C=O) groups excluding carboxylic acids is 2. The van der Waals surface area contributed by atoms with Crippen LogP contribution < -0.4 is 0 Å². The second-order valence-corrected chi connectivity index (χ2v) is 17.2.